The number of hydrogen-bond acceptors (Lipinski definition) is 2. The lowest BCUT2D eigenvalue weighted by molar-refractivity contribution is 0.0694. The van der Waals surface area contributed by atoms with Gasteiger partial charge in [-0.05, 0) is 17.7 Å². The first-order valence-corrected chi connectivity index (χ1v) is 7.03. The molecule has 0 saturated heterocycles. The van der Waals surface area contributed by atoms with Gasteiger partial charge in [0, 0.05) is 34.7 Å². The Morgan fingerprint density at radius 2 is 2.14 bits per heavy atom. The van der Waals surface area contributed by atoms with Gasteiger partial charge in [0.05, 0.1) is 5.56 Å². The maximum atomic E-state index is 14.1. The fourth-order valence-corrected chi connectivity index (χ4v) is 2.69. The molecule has 0 aliphatic heterocycles. The fourth-order valence-electron chi connectivity index (χ4n) is 1.94. The number of aromatic carboxylic acids is 1. The summed E-state index contributed by atoms with van der Waals surface area (Å²) in [6.45, 7) is 0. The third-order valence-corrected chi connectivity index (χ3v) is 3.88. The number of aryl methyl sites for hydroxylation is 1. The zero-order chi connectivity index (χ0) is 15.7. The van der Waals surface area contributed by atoms with E-state index in [2.05, 4.69) is 15.9 Å². The van der Waals surface area contributed by atoms with Crippen molar-refractivity contribution in [2.45, 2.75) is 6.42 Å². The number of aromatic nitrogens is 1. The smallest absolute Gasteiger partial charge is 0.337 e. The van der Waals surface area contributed by atoms with Crippen LogP contribution in [0.25, 0.3) is 0 Å². The molecule has 1 aromatic heterocycles. The molecule has 0 unspecified atom stereocenters. The molecule has 0 fully saturated rings. The highest BCUT2D eigenvalue weighted by molar-refractivity contribution is 9.10. The number of nitrogens with zero attached hydrogens (tertiary/aromatic N) is 1. The molecule has 0 spiro atoms. The van der Waals surface area contributed by atoms with Crippen LogP contribution in [-0.2, 0) is 13.5 Å². The van der Waals surface area contributed by atoms with Crippen molar-refractivity contribution < 1.29 is 14.3 Å². The van der Waals surface area contributed by atoms with Gasteiger partial charge in [-0.25, -0.2) is 9.18 Å². The van der Waals surface area contributed by atoms with E-state index in [1.54, 1.807) is 18.2 Å². The lowest BCUT2D eigenvalue weighted by atomic mass is 10.0. The van der Waals surface area contributed by atoms with Gasteiger partial charge in [0.25, 0.3) is 5.56 Å². The Labute approximate surface area is 132 Å². The molecule has 110 valence electrons. The van der Waals surface area contributed by atoms with Crippen LogP contribution in [0.5, 0.6) is 0 Å². The first-order valence-electron chi connectivity index (χ1n) is 5.86. The van der Waals surface area contributed by atoms with Gasteiger partial charge in [-0.15, -0.1) is 0 Å². The molecule has 0 atom stereocenters. The van der Waals surface area contributed by atoms with Crippen LogP contribution in [-0.4, -0.2) is 15.6 Å². The maximum absolute atomic E-state index is 14.1. The molecule has 0 aliphatic rings. The lowest BCUT2D eigenvalue weighted by Gasteiger charge is -2.11. The van der Waals surface area contributed by atoms with E-state index in [1.807, 2.05) is 0 Å². The topological polar surface area (TPSA) is 59.3 Å². The zero-order valence-electron chi connectivity index (χ0n) is 10.9. The van der Waals surface area contributed by atoms with Crippen molar-refractivity contribution in [1.29, 1.82) is 0 Å². The van der Waals surface area contributed by atoms with E-state index < -0.39 is 17.3 Å². The summed E-state index contributed by atoms with van der Waals surface area (Å²) in [6.07, 6.45) is 1.03. The van der Waals surface area contributed by atoms with Crippen LogP contribution in [0.15, 0.2) is 33.7 Å². The average Bonchev–Trinajstić information content (AvgIpc) is 2.41. The number of benzene rings is 1. The van der Waals surface area contributed by atoms with Crippen LogP contribution in [0.1, 0.15) is 21.5 Å². The van der Waals surface area contributed by atoms with Crippen molar-refractivity contribution in [1.82, 2.24) is 4.57 Å². The highest BCUT2D eigenvalue weighted by Gasteiger charge is 2.20. The molecular formula is C14H10BrClFNO3. The largest absolute Gasteiger partial charge is 0.478 e. The second-order valence-corrected chi connectivity index (χ2v) is 5.79. The Morgan fingerprint density at radius 1 is 1.48 bits per heavy atom. The molecule has 0 saturated carbocycles. The fraction of sp³-hybridized carbons (Fsp3) is 0.143. The summed E-state index contributed by atoms with van der Waals surface area (Å²) in [7, 11) is 1.30. The Kier molecular flexibility index (Phi) is 4.49. The van der Waals surface area contributed by atoms with Gasteiger partial charge in [-0.3, -0.25) is 4.79 Å². The second kappa shape index (κ2) is 5.99. The second-order valence-electron chi connectivity index (χ2n) is 4.47. The molecule has 1 N–H and O–H groups in total. The van der Waals surface area contributed by atoms with Crippen molar-refractivity contribution >= 4 is 33.5 Å². The number of rotatable bonds is 3. The van der Waals surface area contributed by atoms with Crippen molar-refractivity contribution in [3.8, 4) is 0 Å². The minimum atomic E-state index is -1.30. The molecule has 2 aromatic rings. The molecule has 1 heterocycles. The number of hydrogen-bond donors (Lipinski definition) is 1. The molecule has 0 amide bonds. The van der Waals surface area contributed by atoms with Crippen LogP contribution in [0.4, 0.5) is 4.39 Å². The summed E-state index contributed by atoms with van der Waals surface area (Å²) in [5.74, 6) is -2.37. The normalized spacial score (nSPS) is 10.7. The molecule has 0 aliphatic carbocycles. The summed E-state index contributed by atoms with van der Waals surface area (Å²) in [5, 5.41) is 9.54. The summed E-state index contributed by atoms with van der Waals surface area (Å²) >= 11 is 9.30. The Balaban J connectivity index is 2.60. The number of carbonyl (C=O) groups is 1. The Morgan fingerprint density at radius 3 is 2.71 bits per heavy atom. The molecule has 1 aromatic carbocycles. The minimum absolute atomic E-state index is 0.0737. The van der Waals surface area contributed by atoms with Gasteiger partial charge in [0.2, 0.25) is 0 Å². The van der Waals surface area contributed by atoms with Gasteiger partial charge in [0.1, 0.15) is 0 Å². The standard InChI is InChI=1S/C14H10BrClFNO3/c1-18-6-10(14(20)21)9(12(17)13(18)19)4-7-2-3-8(15)5-11(7)16/h2-3,5-6H,4H2,1H3,(H,20,21). The highest BCUT2D eigenvalue weighted by atomic mass is 79.9. The van der Waals surface area contributed by atoms with Gasteiger partial charge in [-0.1, -0.05) is 33.6 Å². The number of carboxylic acid groups (broad SMARTS) is 1. The Bertz CT molecular complexity index is 789. The van der Waals surface area contributed by atoms with Crippen molar-refractivity contribution in [2.24, 2.45) is 7.05 Å². The summed E-state index contributed by atoms with van der Waals surface area (Å²) < 4.78 is 15.8. The summed E-state index contributed by atoms with van der Waals surface area (Å²) in [6, 6.07) is 4.98. The molecular weight excluding hydrogens is 365 g/mol. The van der Waals surface area contributed by atoms with Crippen LogP contribution < -0.4 is 5.56 Å². The number of carboxylic acids is 1. The highest BCUT2D eigenvalue weighted by Crippen LogP contribution is 2.25. The van der Waals surface area contributed by atoms with E-state index in [1.165, 1.54) is 7.05 Å². The van der Waals surface area contributed by atoms with Crippen LogP contribution in [0.2, 0.25) is 5.02 Å². The van der Waals surface area contributed by atoms with E-state index in [9.17, 15) is 19.1 Å². The summed E-state index contributed by atoms with van der Waals surface area (Å²) in [5.41, 5.74) is -0.763. The van der Waals surface area contributed by atoms with Crippen molar-refractivity contribution in [3.05, 3.63) is 66.8 Å². The number of halogens is 3. The van der Waals surface area contributed by atoms with Gasteiger partial charge < -0.3 is 9.67 Å². The van der Waals surface area contributed by atoms with Crippen molar-refractivity contribution in [2.75, 3.05) is 0 Å². The van der Waals surface area contributed by atoms with E-state index in [0.29, 0.717) is 10.6 Å². The minimum Gasteiger partial charge on any atom is -0.478 e. The summed E-state index contributed by atoms with van der Waals surface area (Å²) in [4.78, 5) is 22.9. The van der Waals surface area contributed by atoms with E-state index in [4.69, 9.17) is 11.6 Å². The molecule has 0 radical (unpaired) electrons. The van der Waals surface area contributed by atoms with Crippen LogP contribution in [0.3, 0.4) is 0 Å². The zero-order valence-corrected chi connectivity index (χ0v) is 13.2. The quantitative estimate of drug-likeness (QED) is 0.897. The van der Waals surface area contributed by atoms with Crippen LogP contribution >= 0.6 is 27.5 Å². The lowest BCUT2D eigenvalue weighted by Crippen LogP contribution is -2.25. The predicted molar refractivity (Wildman–Crippen MR) is 80.6 cm³/mol. The first kappa shape index (κ1) is 15.7. The van der Waals surface area contributed by atoms with Gasteiger partial charge in [0.15, 0.2) is 5.82 Å². The molecule has 21 heavy (non-hydrogen) atoms. The van der Waals surface area contributed by atoms with E-state index in [0.717, 1.165) is 15.2 Å². The van der Waals surface area contributed by atoms with Gasteiger partial charge >= 0.3 is 5.97 Å². The van der Waals surface area contributed by atoms with E-state index in [-0.39, 0.29) is 17.5 Å². The van der Waals surface area contributed by atoms with Crippen LogP contribution in [0, 0.1) is 5.82 Å². The first-order chi connectivity index (χ1) is 9.81. The third-order valence-electron chi connectivity index (χ3n) is 3.03. The van der Waals surface area contributed by atoms with E-state index >= 15 is 0 Å². The Hall–Kier alpha value is -1.66. The van der Waals surface area contributed by atoms with Crippen molar-refractivity contribution in [3.63, 3.8) is 0 Å². The molecule has 4 nitrogen and oxygen atoms in total. The predicted octanol–water partition coefficient (Wildman–Crippen LogP) is 3.23. The SMILES string of the molecule is Cn1cc(C(=O)O)c(Cc2ccc(Br)cc2Cl)c(F)c1=O. The number of pyridine rings is 1. The maximum Gasteiger partial charge on any atom is 0.337 e. The molecule has 2 rings (SSSR count). The molecule has 0 bridgehead atoms. The average molecular weight is 375 g/mol. The monoisotopic (exact) mass is 373 g/mol. The van der Waals surface area contributed by atoms with Gasteiger partial charge in [-0.2, -0.15) is 0 Å². The molecule has 7 heteroatoms. The third kappa shape index (κ3) is 3.16.